The Hall–Kier alpha value is -2.80. The van der Waals surface area contributed by atoms with E-state index in [1.54, 1.807) is 24.3 Å². The average molecular weight is 289 g/mol. The molecule has 0 aliphatic carbocycles. The molecule has 0 saturated carbocycles. The van der Waals surface area contributed by atoms with Crippen molar-refractivity contribution in [3.05, 3.63) is 69.5 Å². The smallest absolute Gasteiger partial charge is 0.285 e. The molecule has 0 aliphatic heterocycles. The van der Waals surface area contributed by atoms with E-state index in [9.17, 15) is 19.3 Å². The van der Waals surface area contributed by atoms with Gasteiger partial charge in [-0.1, -0.05) is 12.1 Å². The second kappa shape index (κ2) is 6.10. The van der Waals surface area contributed by atoms with E-state index in [1.165, 1.54) is 0 Å². The molecular formula is C14H12FN3O3. The number of nitro benzene ring substituents is 1. The van der Waals surface area contributed by atoms with E-state index in [-0.39, 0.29) is 5.56 Å². The number of rotatable bonds is 4. The van der Waals surface area contributed by atoms with Crippen LogP contribution in [0.1, 0.15) is 15.9 Å². The van der Waals surface area contributed by atoms with Crippen molar-refractivity contribution >= 4 is 17.3 Å². The van der Waals surface area contributed by atoms with Gasteiger partial charge < -0.3 is 11.1 Å². The molecule has 0 radical (unpaired) electrons. The summed E-state index contributed by atoms with van der Waals surface area (Å²) in [5, 5.41) is 13.4. The van der Waals surface area contributed by atoms with E-state index in [0.29, 0.717) is 18.3 Å². The van der Waals surface area contributed by atoms with Crippen molar-refractivity contribution < 1.29 is 14.1 Å². The van der Waals surface area contributed by atoms with Crippen LogP contribution in [-0.2, 0) is 6.54 Å². The van der Waals surface area contributed by atoms with Gasteiger partial charge in [0.15, 0.2) is 0 Å². The standard InChI is InChI=1S/C14H12FN3O3/c15-10-4-5-12(13(7-10)18(20)21)14(19)17-11-3-1-2-9(6-11)8-16/h1-7H,8,16H2,(H,17,19). The van der Waals surface area contributed by atoms with Crippen molar-refractivity contribution in [3.8, 4) is 0 Å². The zero-order chi connectivity index (χ0) is 15.4. The summed E-state index contributed by atoms with van der Waals surface area (Å²) < 4.78 is 13.0. The van der Waals surface area contributed by atoms with Crippen molar-refractivity contribution in [1.82, 2.24) is 0 Å². The van der Waals surface area contributed by atoms with Crippen LogP contribution >= 0.6 is 0 Å². The van der Waals surface area contributed by atoms with Crippen LogP contribution in [0.25, 0.3) is 0 Å². The molecule has 21 heavy (non-hydrogen) atoms. The third kappa shape index (κ3) is 3.40. The minimum Gasteiger partial charge on any atom is -0.326 e. The molecule has 0 fully saturated rings. The number of amides is 1. The normalized spacial score (nSPS) is 10.2. The van der Waals surface area contributed by atoms with E-state index >= 15 is 0 Å². The summed E-state index contributed by atoms with van der Waals surface area (Å²) in [4.78, 5) is 22.2. The van der Waals surface area contributed by atoms with Gasteiger partial charge in [0.2, 0.25) is 0 Å². The second-order valence-corrected chi connectivity index (χ2v) is 4.28. The van der Waals surface area contributed by atoms with Crippen molar-refractivity contribution in [2.75, 3.05) is 5.32 Å². The molecular weight excluding hydrogens is 277 g/mol. The number of hydrogen-bond donors (Lipinski definition) is 2. The van der Waals surface area contributed by atoms with Crippen molar-refractivity contribution in [3.63, 3.8) is 0 Å². The largest absolute Gasteiger partial charge is 0.326 e. The summed E-state index contributed by atoms with van der Waals surface area (Å²) in [5.74, 6) is -1.46. The molecule has 2 rings (SSSR count). The Kier molecular flexibility index (Phi) is 4.24. The van der Waals surface area contributed by atoms with Crippen LogP contribution in [0.2, 0.25) is 0 Å². The molecule has 108 valence electrons. The Morgan fingerprint density at radius 2 is 2.05 bits per heavy atom. The van der Waals surface area contributed by atoms with Crippen molar-refractivity contribution in [2.24, 2.45) is 5.73 Å². The molecule has 0 bridgehead atoms. The summed E-state index contributed by atoms with van der Waals surface area (Å²) in [6.45, 7) is 0.306. The van der Waals surface area contributed by atoms with E-state index in [2.05, 4.69) is 5.32 Å². The molecule has 3 N–H and O–H groups in total. The number of carbonyl (C=O) groups excluding carboxylic acids is 1. The fourth-order valence-corrected chi connectivity index (χ4v) is 1.82. The molecule has 1 amide bonds. The topological polar surface area (TPSA) is 98.3 Å². The van der Waals surface area contributed by atoms with Gasteiger partial charge in [-0.25, -0.2) is 4.39 Å². The van der Waals surface area contributed by atoms with Gasteiger partial charge in [-0.3, -0.25) is 14.9 Å². The van der Waals surface area contributed by atoms with Crippen LogP contribution in [-0.4, -0.2) is 10.8 Å². The van der Waals surface area contributed by atoms with E-state index in [1.807, 2.05) is 0 Å². The average Bonchev–Trinajstić information content (AvgIpc) is 2.47. The molecule has 6 nitrogen and oxygen atoms in total. The highest BCUT2D eigenvalue weighted by atomic mass is 19.1. The highest BCUT2D eigenvalue weighted by Crippen LogP contribution is 2.21. The first kappa shape index (κ1) is 14.6. The molecule has 0 atom stereocenters. The Morgan fingerprint density at radius 3 is 2.71 bits per heavy atom. The minimum atomic E-state index is -0.797. The lowest BCUT2D eigenvalue weighted by molar-refractivity contribution is -0.385. The fraction of sp³-hybridized carbons (Fsp3) is 0.0714. The van der Waals surface area contributed by atoms with Gasteiger partial charge in [-0.05, 0) is 29.8 Å². The summed E-state index contributed by atoms with van der Waals surface area (Å²) in [7, 11) is 0. The molecule has 2 aromatic carbocycles. The van der Waals surface area contributed by atoms with Gasteiger partial charge in [0.25, 0.3) is 11.6 Å². The Bertz CT molecular complexity index is 704. The van der Waals surface area contributed by atoms with Crippen LogP contribution in [0.15, 0.2) is 42.5 Å². The number of hydrogen-bond acceptors (Lipinski definition) is 4. The highest BCUT2D eigenvalue weighted by molar-refractivity contribution is 6.07. The fourth-order valence-electron chi connectivity index (χ4n) is 1.82. The highest BCUT2D eigenvalue weighted by Gasteiger charge is 2.21. The van der Waals surface area contributed by atoms with Gasteiger partial charge in [0, 0.05) is 12.2 Å². The molecule has 0 aliphatic rings. The summed E-state index contributed by atoms with van der Waals surface area (Å²) >= 11 is 0. The van der Waals surface area contributed by atoms with Gasteiger partial charge in [0.05, 0.1) is 11.0 Å². The predicted octanol–water partition coefficient (Wildman–Crippen LogP) is 2.44. The number of anilines is 1. The Balaban J connectivity index is 2.30. The SMILES string of the molecule is NCc1cccc(NC(=O)c2ccc(F)cc2[N+](=O)[O-])c1. The van der Waals surface area contributed by atoms with Crippen LogP contribution < -0.4 is 11.1 Å². The first-order valence-corrected chi connectivity index (χ1v) is 6.05. The maximum Gasteiger partial charge on any atom is 0.285 e. The van der Waals surface area contributed by atoms with Crippen LogP contribution in [0.4, 0.5) is 15.8 Å². The number of benzene rings is 2. The van der Waals surface area contributed by atoms with Crippen molar-refractivity contribution in [2.45, 2.75) is 6.54 Å². The molecule has 0 saturated heterocycles. The Labute approximate surface area is 119 Å². The Morgan fingerprint density at radius 1 is 1.29 bits per heavy atom. The molecule has 0 spiro atoms. The minimum absolute atomic E-state index is 0.209. The van der Waals surface area contributed by atoms with Crippen molar-refractivity contribution in [1.29, 1.82) is 0 Å². The lowest BCUT2D eigenvalue weighted by Crippen LogP contribution is -2.14. The summed E-state index contributed by atoms with van der Waals surface area (Å²) in [6, 6.07) is 9.57. The van der Waals surface area contributed by atoms with Crippen LogP contribution in [0.5, 0.6) is 0 Å². The first-order valence-electron chi connectivity index (χ1n) is 6.05. The molecule has 0 aromatic heterocycles. The molecule has 0 unspecified atom stereocenters. The van der Waals surface area contributed by atoms with E-state index in [0.717, 1.165) is 17.7 Å². The maximum atomic E-state index is 13.0. The first-order chi connectivity index (χ1) is 10.0. The molecule has 2 aromatic rings. The van der Waals surface area contributed by atoms with Crippen LogP contribution in [0, 0.1) is 15.9 Å². The van der Waals surface area contributed by atoms with Gasteiger partial charge in [-0.2, -0.15) is 0 Å². The number of halogens is 1. The number of nitrogens with zero attached hydrogens (tertiary/aromatic N) is 1. The third-order valence-electron chi connectivity index (χ3n) is 2.82. The maximum absolute atomic E-state index is 13.0. The second-order valence-electron chi connectivity index (χ2n) is 4.28. The van der Waals surface area contributed by atoms with E-state index in [4.69, 9.17) is 5.73 Å². The lowest BCUT2D eigenvalue weighted by Gasteiger charge is -2.07. The van der Waals surface area contributed by atoms with Crippen LogP contribution in [0.3, 0.4) is 0 Å². The summed E-state index contributed by atoms with van der Waals surface area (Å²) in [6.07, 6.45) is 0. The zero-order valence-electron chi connectivity index (χ0n) is 10.9. The third-order valence-corrected chi connectivity index (χ3v) is 2.82. The van der Waals surface area contributed by atoms with Gasteiger partial charge in [-0.15, -0.1) is 0 Å². The number of nitrogens with one attached hydrogen (secondary N) is 1. The number of nitrogens with two attached hydrogens (primary N) is 1. The summed E-state index contributed by atoms with van der Waals surface area (Å²) in [5.41, 5.74) is 5.97. The molecule has 0 heterocycles. The predicted molar refractivity (Wildman–Crippen MR) is 75.3 cm³/mol. The quantitative estimate of drug-likeness (QED) is 0.667. The monoisotopic (exact) mass is 289 g/mol. The number of carbonyl (C=O) groups is 1. The number of nitro groups is 1. The van der Waals surface area contributed by atoms with E-state index < -0.39 is 22.3 Å². The van der Waals surface area contributed by atoms with Gasteiger partial charge in [0.1, 0.15) is 11.4 Å². The van der Waals surface area contributed by atoms with Gasteiger partial charge >= 0.3 is 0 Å². The zero-order valence-corrected chi connectivity index (χ0v) is 10.9. The lowest BCUT2D eigenvalue weighted by atomic mass is 10.1. The molecule has 7 heteroatoms.